The minimum Gasteiger partial charge on any atom is -0.481 e. The molecule has 0 aliphatic rings. The van der Waals surface area contributed by atoms with Gasteiger partial charge in [0.2, 0.25) is 0 Å². The lowest BCUT2D eigenvalue weighted by molar-refractivity contribution is -0.137. The normalized spacial score (nSPS) is 10.0. The Morgan fingerprint density at radius 2 is 0.974 bits per heavy atom. The third kappa shape index (κ3) is 8.91. The summed E-state index contributed by atoms with van der Waals surface area (Å²) < 4.78 is 0. The van der Waals surface area contributed by atoms with E-state index in [9.17, 15) is 14.4 Å². The standard InChI is InChI=1S/2C12H10O2.C8H8O2/c13-12(14)8-10-6-3-5-9-4-1-2-7-11(9)10;13-12(14)8-9-5-6-10-3-1-2-4-11(10)7-9;9-8(10)6-7-4-2-1-3-5-7/h2*1-7H,8H2,(H,13,14);1-5H,6H2,(H,9,10). The van der Waals surface area contributed by atoms with E-state index in [0.717, 1.165) is 38.2 Å². The molecule has 0 heterocycles. The summed E-state index contributed by atoms with van der Waals surface area (Å²) in [6.07, 6.45) is 0.285. The van der Waals surface area contributed by atoms with Crippen molar-refractivity contribution in [3.05, 3.63) is 132 Å². The Morgan fingerprint density at radius 3 is 1.63 bits per heavy atom. The average molecular weight is 509 g/mol. The molecule has 0 aliphatic carbocycles. The highest BCUT2D eigenvalue weighted by atomic mass is 16.4. The van der Waals surface area contributed by atoms with Gasteiger partial charge in [0, 0.05) is 0 Å². The van der Waals surface area contributed by atoms with Crippen LogP contribution in [-0.4, -0.2) is 33.2 Å². The van der Waals surface area contributed by atoms with Crippen molar-refractivity contribution in [1.82, 2.24) is 0 Å². The van der Waals surface area contributed by atoms with E-state index in [-0.39, 0.29) is 19.3 Å². The van der Waals surface area contributed by atoms with E-state index < -0.39 is 17.9 Å². The molecule has 0 saturated carbocycles. The maximum Gasteiger partial charge on any atom is 0.307 e. The Morgan fingerprint density at radius 1 is 0.447 bits per heavy atom. The monoisotopic (exact) mass is 508 g/mol. The van der Waals surface area contributed by atoms with E-state index in [1.165, 1.54) is 0 Å². The first kappa shape index (κ1) is 27.6. The van der Waals surface area contributed by atoms with Crippen LogP contribution in [0, 0.1) is 0 Å². The molecule has 0 aliphatic heterocycles. The summed E-state index contributed by atoms with van der Waals surface area (Å²) in [5, 5.41) is 30.1. The number of rotatable bonds is 6. The molecule has 6 heteroatoms. The molecule has 38 heavy (non-hydrogen) atoms. The van der Waals surface area contributed by atoms with Crippen molar-refractivity contribution in [2.45, 2.75) is 19.3 Å². The first-order chi connectivity index (χ1) is 18.3. The van der Waals surface area contributed by atoms with Crippen LogP contribution in [0.1, 0.15) is 16.7 Å². The maximum atomic E-state index is 10.6. The third-order valence-electron chi connectivity index (χ3n) is 5.59. The van der Waals surface area contributed by atoms with E-state index in [1.807, 2.05) is 103 Å². The average Bonchev–Trinajstić information content (AvgIpc) is 2.89. The smallest absolute Gasteiger partial charge is 0.307 e. The highest BCUT2D eigenvalue weighted by molar-refractivity contribution is 5.88. The molecular weight excluding hydrogens is 480 g/mol. The van der Waals surface area contributed by atoms with Gasteiger partial charge in [-0.05, 0) is 38.2 Å². The fraction of sp³-hybridized carbons (Fsp3) is 0.0938. The summed E-state index contributed by atoms with van der Waals surface area (Å²) >= 11 is 0. The van der Waals surface area contributed by atoms with Crippen molar-refractivity contribution in [2.75, 3.05) is 0 Å². The number of aliphatic carboxylic acids is 3. The second-order valence-electron chi connectivity index (χ2n) is 8.52. The molecule has 0 bridgehead atoms. The second-order valence-corrected chi connectivity index (χ2v) is 8.52. The van der Waals surface area contributed by atoms with Crippen LogP contribution in [0.2, 0.25) is 0 Å². The van der Waals surface area contributed by atoms with Crippen LogP contribution in [0.4, 0.5) is 0 Å². The van der Waals surface area contributed by atoms with Gasteiger partial charge in [-0.15, -0.1) is 0 Å². The first-order valence-corrected chi connectivity index (χ1v) is 12.0. The maximum absolute atomic E-state index is 10.6. The Kier molecular flexibility index (Phi) is 10.1. The molecule has 0 saturated heterocycles. The SMILES string of the molecule is O=C(O)Cc1ccc2ccccc2c1.O=C(O)Cc1cccc2ccccc12.O=C(O)Cc1ccccc1. The molecule has 3 N–H and O–H groups in total. The van der Waals surface area contributed by atoms with E-state index in [2.05, 4.69) is 0 Å². The quantitative estimate of drug-likeness (QED) is 0.250. The topological polar surface area (TPSA) is 112 Å². The van der Waals surface area contributed by atoms with Gasteiger partial charge in [-0.3, -0.25) is 14.4 Å². The van der Waals surface area contributed by atoms with Crippen molar-refractivity contribution in [3.63, 3.8) is 0 Å². The summed E-state index contributed by atoms with van der Waals surface area (Å²) in [6, 6.07) is 36.3. The number of hydrogen-bond donors (Lipinski definition) is 3. The summed E-state index contributed by atoms with van der Waals surface area (Å²) in [5.41, 5.74) is 2.56. The van der Waals surface area contributed by atoms with Gasteiger partial charge in [-0.2, -0.15) is 0 Å². The van der Waals surface area contributed by atoms with Gasteiger partial charge < -0.3 is 15.3 Å². The van der Waals surface area contributed by atoms with Crippen LogP contribution >= 0.6 is 0 Å². The van der Waals surface area contributed by atoms with E-state index in [4.69, 9.17) is 15.3 Å². The van der Waals surface area contributed by atoms with E-state index >= 15 is 0 Å². The Balaban J connectivity index is 0.000000161. The Labute approximate surface area is 220 Å². The molecular formula is C32H28O6. The number of hydrogen-bond acceptors (Lipinski definition) is 3. The molecule has 0 fully saturated rings. The number of benzene rings is 5. The van der Waals surface area contributed by atoms with Crippen LogP contribution in [-0.2, 0) is 33.6 Å². The molecule has 0 atom stereocenters. The minimum atomic E-state index is -0.791. The van der Waals surface area contributed by atoms with E-state index in [0.29, 0.717) is 0 Å². The molecule has 5 aromatic rings. The van der Waals surface area contributed by atoms with Gasteiger partial charge >= 0.3 is 17.9 Å². The second kappa shape index (κ2) is 13.9. The largest absolute Gasteiger partial charge is 0.481 e. The number of carbonyl (C=O) groups is 3. The van der Waals surface area contributed by atoms with Gasteiger partial charge in [-0.25, -0.2) is 0 Å². The van der Waals surface area contributed by atoms with Crippen LogP contribution in [0.25, 0.3) is 21.5 Å². The van der Waals surface area contributed by atoms with Crippen molar-refractivity contribution in [2.24, 2.45) is 0 Å². The molecule has 6 nitrogen and oxygen atoms in total. The van der Waals surface area contributed by atoms with Crippen molar-refractivity contribution >= 4 is 39.5 Å². The van der Waals surface area contributed by atoms with Gasteiger partial charge in [0.15, 0.2) is 0 Å². The van der Waals surface area contributed by atoms with Gasteiger partial charge in [0.25, 0.3) is 0 Å². The third-order valence-corrected chi connectivity index (χ3v) is 5.59. The highest BCUT2D eigenvalue weighted by Gasteiger charge is 2.04. The lowest BCUT2D eigenvalue weighted by atomic mass is 10.0. The van der Waals surface area contributed by atoms with Crippen LogP contribution in [0.5, 0.6) is 0 Å². The summed E-state index contributed by atoms with van der Waals surface area (Å²) in [6.45, 7) is 0. The van der Waals surface area contributed by atoms with Crippen LogP contribution in [0.3, 0.4) is 0 Å². The molecule has 192 valence electrons. The summed E-state index contributed by atoms with van der Waals surface area (Å²) in [4.78, 5) is 31.3. The summed E-state index contributed by atoms with van der Waals surface area (Å²) in [7, 11) is 0. The van der Waals surface area contributed by atoms with Gasteiger partial charge in [0.1, 0.15) is 0 Å². The molecule has 5 rings (SSSR count). The lowest BCUT2D eigenvalue weighted by Gasteiger charge is -2.02. The van der Waals surface area contributed by atoms with Gasteiger partial charge in [0.05, 0.1) is 19.3 Å². The van der Waals surface area contributed by atoms with Crippen LogP contribution < -0.4 is 0 Å². The minimum absolute atomic E-state index is 0.0847. The first-order valence-electron chi connectivity index (χ1n) is 12.0. The molecule has 0 unspecified atom stereocenters. The number of carboxylic acids is 3. The van der Waals surface area contributed by atoms with Gasteiger partial charge in [-0.1, -0.05) is 115 Å². The molecule has 0 radical (unpaired) electrons. The lowest BCUT2D eigenvalue weighted by Crippen LogP contribution is -2.00. The zero-order chi connectivity index (χ0) is 27.3. The van der Waals surface area contributed by atoms with Crippen molar-refractivity contribution in [3.8, 4) is 0 Å². The number of fused-ring (bicyclic) bond motifs is 2. The highest BCUT2D eigenvalue weighted by Crippen LogP contribution is 2.19. The molecule has 5 aromatic carbocycles. The predicted octanol–water partition coefficient (Wildman–Crippen LogP) is 6.25. The molecule has 0 spiro atoms. The number of carboxylic acid groups (broad SMARTS) is 3. The van der Waals surface area contributed by atoms with E-state index in [1.54, 1.807) is 12.1 Å². The van der Waals surface area contributed by atoms with Crippen molar-refractivity contribution < 1.29 is 29.7 Å². The summed E-state index contributed by atoms with van der Waals surface area (Å²) in [5.74, 6) is -2.37. The Bertz CT molecular complexity index is 1510. The zero-order valence-corrected chi connectivity index (χ0v) is 20.7. The fourth-order valence-corrected chi connectivity index (χ4v) is 3.90. The van der Waals surface area contributed by atoms with Crippen LogP contribution in [0.15, 0.2) is 115 Å². The molecule has 0 amide bonds. The fourth-order valence-electron chi connectivity index (χ4n) is 3.90. The Hall–Kier alpha value is -4.97. The van der Waals surface area contributed by atoms with Crippen molar-refractivity contribution in [1.29, 1.82) is 0 Å². The molecule has 0 aromatic heterocycles. The predicted molar refractivity (Wildman–Crippen MR) is 148 cm³/mol. The zero-order valence-electron chi connectivity index (χ0n) is 20.7.